The number of hydrogen-bond acceptors (Lipinski definition) is 2. The van der Waals surface area contributed by atoms with Gasteiger partial charge in [-0.05, 0) is 42.4 Å². The van der Waals surface area contributed by atoms with Crippen LogP contribution in [0.4, 0.5) is 0 Å². The molecule has 2 heterocycles. The minimum absolute atomic E-state index is 0.0163. The SMILES string of the molecule is CC(C)(C)[Si](C)(C)OCC(=O)c1ccc(Cc2ccc[nH]2)[nH]1. The van der Waals surface area contributed by atoms with Gasteiger partial charge in [-0.25, -0.2) is 0 Å². The standard InChI is InChI=1S/C17H26N2O2Si/c1-17(2,3)22(4,5)21-12-16(20)15-9-8-14(19-15)11-13-7-6-10-18-13/h6-10,18-19H,11-12H2,1-5H3. The molecule has 0 aliphatic rings. The van der Waals surface area contributed by atoms with E-state index in [9.17, 15) is 4.79 Å². The summed E-state index contributed by atoms with van der Waals surface area (Å²) in [6.07, 6.45) is 2.67. The molecule has 0 fully saturated rings. The molecule has 0 radical (unpaired) electrons. The van der Waals surface area contributed by atoms with E-state index >= 15 is 0 Å². The van der Waals surface area contributed by atoms with Crippen LogP contribution in [0.25, 0.3) is 0 Å². The Morgan fingerprint density at radius 1 is 1.18 bits per heavy atom. The molecule has 5 heteroatoms. The molecule has 4 nitrogen and oxygen atoms in total. The van der Waals surface area contributed by atoms with Gasteiger partial charge in [0.05, 0.1) is 12.3 Å². The average molecular weight is 318 g/mol. The zero-order valence-electron chi connectivity index (χ0n) is 14.1. The van der Waals surface area contributed by atoms with Crippen molar-refractivity contribution in [3.05, 3.63) is 47.5 Å². The summed E-state index contributed by atoms with van der Waals surface area (Å²) in [5, 5.41) is 0.113. The third kappa shape index (κ3) is 3.99. The molecule has 2 aromatic rings. The lowest BCUT2D eigenvalue weighted by Gasteiger charge is -2.35. The molecule has 0 aromatic carbocycles. The van der Waals surface area contributed by atoms with Crippen LogP contribution in [0, 0.1) is 0 Å². The Hall–Kier alpha value is -1.59. The van der Waals surface area contributed by atoms with Crippen LogP contribution in [-0.2, 0) is 10.8 Å². The van der Waals surface area contributed by atoms with E-state index in [1.165, 1.54) is 0 Å². The first-order valence-corrected chi connectivity index (χ1v) is 10.6. The summed E-state index contributed by atoms with van der Waals surface area (Å²) in [5.74, 6) is 0.0163. The molecule has 0 bridgehead atoms. The highest BCUT2D eigenvalue weighted by molar-refractivity contribution is 6.74. The zero-order chi connectivity index (χ0) is 16.4. The van der Waals surface area contributed by atoms with Crippen molar-refractivity contribution in [3.8, 4) is 0 Å². The number of hydrogen-bond donors (Lipinski definition) is 2. The lowest BCUT2D eigenvalue weighted by atomic mass is 10.2. The molecular weight excluding hydrogens is 292 g/mol. The topological polar surface area (TPSA) is 57.9 Å². The lowest BCUT2D eigenvalue weighted by Crippen LogP contribution is -2.42. The van der Waals surface area contributed by atoms with E-state index in [0.29, 0.717) is 5.69 Å². The number of aromatic nitrogens is 2. The van der Waals surface area contributed by atoms with Crippen molar-refractivity contribution < 1.29 is 9.22 Å². The first-order valence-electron chi connectivity index (χ1n) is 7.66. The molecular formula is C17H26N2O2Si. The minimum Gasteiger partial charge on any atom is -0.409 e. The average Bonchev–Trinajstić information content (AvgIpc) is 3.07. The number of carbonyl (C=O) groups excluding carboxylic acids is 1. The number of ketones is 1. The van der Waals surface area contributed by atoms with Crippen molar-refractivity contribution >= 4 is 14.1 Å². The molecule has 2 rings (SSSR count). The van der Waals surface area contributed by atoms with Crippen LogP contribution in [0.3, 0.4) is 0 Å². The van der Waals surface area contributed by atoms with Gasteiger partial charge in [0.25, 0.3) is 0 Å². The molecule has 0 saturated carbocycles. The van der Waals surface area contributed by atoms with Crippen LogP contribution in [0.2, 0.25) is 18.1 Å². The van der Waals surface area contributed by atoms with Gasteiger partial charge in [-0.15, -0.1) is 0 Å². The highest BCUT2D eigenvalue weighted by atomic mass is 28.4. The molecule has 120 valence electrons. The molecule has 0 aliphatic carbocycles. The van der Waals surface area contributed by atoms with E-state index in [0.717, 1.165) is 17.8 Å². The van der Waals surface area contributed by atoms with E-state index < -0.39 is 8.32 Å². The summed E-state index contributed by atoms with van der Waals surface area (Å²) in [5.41, 5.74) is 2.77. The van der Waals surface area contributed by atoms with Gasteiger partial charge in [-0.2, -0.15) is 0 Å². The summed E-state index contributed by atoms with van der Waals surface area (Å²) < 4.78 is 5.99. The largest absolute Gasteiger partial charge is 0.409 e. The maximum Gasteiger partial charge on any atom is 0.203 e. The van der Waals surface area contributed by atoms with Crippen molar-refractivity contribution in [2.24, 2.45) is 0 Å². The van der Waals surface area contributed by atoms with Crippen molar-refractivity contribution in [1.82, 2.24) is 9.97 Å². The molecule has 2 N–H and O–H groups in total. The second kappa shape index (κ2) is 6.26. The Bertz CT molecular complexity index is 621. The number of rotatable bonds is 6. The van der Waals surface area contributed by atoms with Gasteiger partial charge in [0.2, 0.25) is 5.78 Å². The predicted molar refractivity (Wildman–Crippen MR) is 91.9 cm³/mol. The van der Waals surface area contributed by atoms with E-state index in [4.69, 9.17) is 4.43 Å². The number of aromatic amines is 2. The van der Waals surface area contributed by atoms with Crippen LogP contribution in [0.1, 0.15) is 42.6 Å². The second-order valence-corrected chi connectivity index (χ2v) is 12.1. The van der Waals surface area contributed by atoms with Gasteiger partial charge in [0.15, 0.2) is 8.32 Å². The van der Waals surface area contributed by atoms with E-state index in [1.807, 2.05) is 30.5 Å². The van der Waals surface area contributed by atoms with Gasteiger partial charge in [-0.3, -0.25) is 4.79 Å². The number of Topliss-reactive ketones (excluding diaryl/α,β-unsaturated/α-hetero) is 1. The summed E-state index contributed by atoms with van der Waals surface area (Å²) >= 11 is 0. The maximum absolute atomic E-state index is 12.3. The van der Waals surface area contributed by atoms with E-state index in [-0.39, 0.29) is 17.4 Å². The Labute approximate surface area is 133 Å². The molecule has 0 saturated heterocycles. The van der Waals surface area contributed by atoms with E-state index in [1.54, 1.807) is 0 Å². The maximum atomic E-state index is 12.3. The fourth-order valence-electron chi connectivity index (χ4n) is 1.93. The first-order chi connectivity index (χ1) is 10.2. The Balaban J connectivity index is 1.95. The molecule has 0 aliphatic heterocycles. The highest BCUT2D eigenvalue weighted by Gasteiger charge is 2.37. The van der Waals surface area contributed by atoms with Gasteiger partial charge in [0.1, 0.15) is 0 Å². The molecule has 0 unspecified atom stereocenters. The predicted octanol–water partition coefficient (Wildman–Crippen LogP) is 4.14. The summed E-state index contributed by atoms with van der Waals surface area (Å²) in [7, 11) is -1.89. The Kier molecular flexibility index (Phi) is 4.77. The van der Waals surface area contributed by atoms with Crippen LogP contribution in [0.5, 0.6) is 0 Å². The summed E-state index contributed by atoms with van der Waals surface area (Å²) in [4.78, 5) is 18.6. The van der Waals surface area contributed by atoms with Gasteiger partial charge >= 0.3 is 0 Å². The normalized spacial score (nSPS) is 12.6. The number of carbonyl (C=O) groups is 1. The van der Waals surface area contributed by atoms with Crippen LogP contribution < -0.4 is 0 Å². The summed E-state index contributed by atoms with van der Waals surface area (Å²) in [6, 6.07) is 7.80. The molecule has 22 heavy (non-hydrogen) atoms. The van der Waals surface area contributed by atoms with Gasteiger partial charge in [-0.1, -0.05) is 20.8 Å². The number of H-pyrrole nitrogens is 2. The zero-order valence-corrected chi connectivity index (χ0v) is 15.1. The molecule has 0 spiro atoms. The van der Waals surface area contributed by atoms with Crippen LogP contribution in [0.15, 0.2) is 30.5 Å². The van der Waals surface area contributed by atoms with Crippen LogP contribution >= 0.6 is 0 Å². The van der Waals surface area contributed by atoms with Gasteiger partial charge in [0, 0.05) is 24.0 Å². The fraction of sp³-hybridized carbons (Fsp3) is 0.471. The minimum atomic E-state index is -1.89. The third-order valence-corrected chi connectivity index (χ3v) is 8.94. The van der Waals surface area contributed by atoms with Crippen LogP contribution in [-0.4, -0.2) is 30.7 Å². The molecule has 0 amide bonds. The Morgan fingerprint density at radius 2 is 1.91 bits per heavy atom. The molecule has 0 atom stereocenters. The smallest absolute Gasteiger partial charge is 0.203 e. The monoisotopic (exact) mass is 318 g/mol. The number of nitrogens with one attached hydrogen (secondary N) is 2. The van der Waals surface area contributed by atoms with Crippen molar-refractivity contribution in [3.63, 3.8) is 0 Å². The fourth-order valence-corrected chi connectivity index (χ4v) is 2.85. The lowest BCUT2D eigenvalue weighted by molar-refractivity contribution is 0.0906. The Morgan fingerprint density at radius 3 is 2.50 bits per heavy atom. The van der Waals surface area contributed by atoms with E-state index in [2.05, 4.69) is 43.8 Å². The second-order valence-electron chi connectivity index (χ2n) is 7.24. The van der Waals surface area contributed by atoms with Crippen molar-refractivity contribution in [1.29, 1.82) is 0 Å². The van der Waals surface area contributed by atoms with Crippen molar-refractivity contribution in [2.45, 2.75) is 45.3 Å². The van der Waals surface area contributed by atoms with Gasteiger partial charge < -0.3 is 14.4 Å². The quantitative estimate of drug-likeness (QED) is 0.621. The summed E-state index contributed by atoms with van der Waals surface area (Å²) in [6.45, 7) is 11.0. The highest BCUT2D eigenvalue weighted by Crippen LogP contribution is 2.36. The first kappa shape index (κ1) is 16.8. The molecule has 2 aromatic heterocycles. The van der Waals surface area contributed by atoms with Crippen molar-refractivity contribution in [2.75, 3.05) is 6.61 Å². The third-order valence-electron chi connectivity index (χ3n) is 4.46.